The van der Waals surface area contributed by atoms with E-state index in [4.69, 9.17) is 29.6 Å². The van der Waals surface area contributed by atoms with Crippen LogP contribution in [0, 0.1) is 55.8 Å². The van der Waals surface area contributed by atoms with E-state index in [1.807, 2.05) is 68.0 Å². The van der Waals surface area contributed by atoms with Crippen LogP contribution in [-0.2, 0) is 14.3 Å². The molecule has 16 heteroatoms. The quantitative estimate of drug-likeness (QED) is 0.0457. The maximum absolute atomic E-state index is 13.5. The number of hydrogen-bond acceptors (Lipinski definition) is 9. The van der Waals surface area contributed by atoms with Gasteiger partial charge in [-0.05, 0) is 74.6 Å². The number of carbonyl (C=O) groups excluding carboxylic acids is 3. The number of benzene rings is 2. The minimum absolute atomic E-state index is 0. The van der Waals surface area contributed by atoms with Crippen LogP contribution in [0.25, 0.3) is 33.6 Å². The number of imidazole rings is 2. The van der Waals surface area contributed by atoms with Crippen molar-refractivity contribution < 1.29 is 59.7 Å². The summed E-state index contributed by atoms with van der Waals surface area (Å²) in [7, 11) is 1.33. The predicted molar refractivity (Wildman–Crippen MR) is 225 cm³/mol. The number of aromatic amines is 2. The number of aromatic nitrogens is 4. The van der Waals surface area contributed by atoms with Crippen molar-refractivity contribution in [2.75, 3.05) is 33.4 Å². The van der Waals surface area contributed by atoms with E-state index in [0.29, 0.717) is 38.0 Å². The average molecular weight is 1050 g/mol. The minimum Gasteiger partial charge on any atom is -0.520 e. The number of likely N-dealkylation sites (tertiary alicyclic amines) is 2. The molecule has 3 aliphatic heterocycles. The first-order valence-corrected chi connectivity index (χ1v) is 20.3. The second-order valence-electron chi connectivity index (χ2n) is 15.9. The van der Waals surface area contributed by atoms with Crippen LogP contribution in [0.3, 0.4) is 0 Å². The van der Waals surface area contributed by atoms with Crippen LogP contribution < -0.4 is 20.1 Å². The SMILES string of the molecule is COC(=O)N[C@H](C(=N)N1CCC[C@H]1c1ncc(-c2ccc3c(c2)OCCCCOc2cc(-c4cnc([C@@H]5CCCN5C(=O)[C@@H](N[C-]=O)C(C)C)[nH]4)ccc2-3)[nH]1)C(C)C.[CH3-].[U+2]. The Kier molecular flexibility index (Phi) is 15.9. The van der Waals surface area contributed by atoms with Gasteiger partial charge in [-0.15, -0.1) is 0 Å². The van der Waals surface area contributed by atoms with Gasteiger partial charge in [-0.3, -0.25) is 10.2 Å². The number of nitrogens with zero attached hydrogens (tertiary/aromatic N) is 4. The molecule has 7 rings (SSSR count). The van der Waals surface area contributed by atoms with E-state index in [-0.39, 0.29) is 68.4 Å². The Morgan fingerprint density at radius 3 is 1.80 bits per heavy atom. The van der Waals surface area contributed by atoms with Gasteiger partial charge in [0, 0.05) is 35.3 Å². The first-order chi connectivity index (χ1) is 28.1. The summed E-state index contributed by atoms with van der Waals surface area (Å²) < 4.78 is 17.7. The van der Waals surface area contributed by atoms with Crippen LogP contribution in [0.5, 0.6) is 11.5 Å². The molecule has 0 radical (unpaired) electrons. The van der Waals surface area contributed by atoms with Gasteiger partial charge in [-0.1, -0.05) is 39.8 Å². The van der Waals surface area contributed by atoms with Crippen molar-refractivity contribution in [3.63, 3.8) is 0 Å². The summed E-state index contributed by atoms with van der Waals surface area (Å²) >= 11 is 0. The zero-order valence-electron chi connectivity index (χ0n) is 35.4. The summed E-state index contributed by atoms with van der Waals surface area (Å²) in [6, 6.07) is 10.8. The second kappa shape index (κ2) is 20.6. The van der Waals surface area contributed by atoms with Crippen LogP contribution in [0.15, 0.2) is 48.8 Å². The van der Waals surface area contributed by atoms with Gasteiger partial charge in [-0.2, -0.15) is 6.41 Å². The Labute approximate surface area is 376 Å². The maximum Gasteiger partial charge on any atom is 2.00 e. The van der Waals surface area contributed by atoms with Crippen LogP contribution in [0.1, 0.15) is 90.0 Å². The second-order valence-corrected chi connectivity index (χ2v) is 15.9. The number of amides is 3. The molecule has 0 aliphatic carbocycles. The number of ether oxygens (including phenoxy) is 3. The monoisotopic (exact) mass is 1050 g/mol. The Balaban J connectivity index is 0.00000341. The van der Waals surface area contributed by atoms with Crippen molar-refractivity contribution in [1.82, 2.24) is 40.4 Å². The zero-order valence-corrected chi connectivity index (χ0v) is 39.6. The maximum atomic E-state index is 13.5. The van der Waals surface area contributed by atoms with E-state index in [9.17, 15) is 14.4 Å². The van der Waals surface area contributed by atoms with Crippen molar-refractivity contribution in [2.24, 2.45) is 11.8 Å². The fourth-order valence-electron chi connectivity index (χ4n) is 8.26. The Morgan fingerprint density at radius 1 is 0.817 bits per heavy atom. The molecule has 5 heterocycles. The van der Waals surface area contributed by atoms with Gasteiger partial charge in [0.05, 0.1) is 68.3 Å². The Hall–Kier alpha value is -4.81. The third kappa shape index (κ3) is 9.87. The largest absolute Gasteiger partial charge is 2.00 e. The van der Waals surface area contributed by atoms with E-state index < -0.39 is 18.2 Å². The minimum atomic E-state index is -0.641. The summed E-state index contributed by atoms with van der Waals surface area (Å²) in [5.74, 6) is 3.10. The Bertz CT molecular complexity index is 2120. The first-order valence-electron chi connectivity index (χ1n) is 20.3. The third-order valence-electron chi connectivity index (χ3n) is 11.4. The van der Waals surface area contributed by atoms with Gasteiger partial charge in [0.25, 0.3) is 0 Å². The topological polar surface area (TPSA) is 191 Å². The molecular formula is C44H57N9O6U. The summed E-state index contributed by atoms with van der Waals surface area (Å²) in [5, 5.41) is 14.5. The van der Waals surface area contributed by atoms with Crippen molar-refractivity contribution >= 4 is 24.2 Å². The molecule has 3 amide bonds. The number of carbonyl (C=O) groups is 2. The van der Waals surface area contributed by atoms with Gasteiger partial charge < -0.3 is 56.8 Å². The molecule has 15 nitrogen and oxygen atoms in total. The molecule has 5 N–H and O–H groups in total. The van der Waals surface area contributed by atoms with E-state index >= 15 is 0 Å². The predicted octanol–water partition coefficient (Wildman–Crippen LogP) is 6.98. The van der Waals surface area contributed by atoms with Crippen molar-refractivity contribution in [2.45, 2.75) is 90.4 Å². The Morgan fingerprint density at radius 2 is 1.32 bits per heavy atom. The fraction of sp³-hybridized carbons (Fsp3) is 0.477. The molecule has 2 saturated heterocycles. The standard InChI is InChI=1S/C43H54N9O6.CH3.U/c1-25(2)37(50-43(55)56-5)39(44)51-16-8-10-33(51)40-45-22-31(48-40)27-12-14-29-30-15-13-28(21-36(30)58-19-7-6-18-57-35(29)20-27)32-23-46-41(49-32)34-11-9-17-52(34)42(54)38(26(3)4)47-24-53;;/h12-15,20-23,25-26,33-34,37-38,44H,6-11,16-19H2,1-5H3,(H,45,48)(H,46,49)(H,47,53)(H,50,55);1H3;/q2*-1;+2/t33-,34-,37-,38-;;/m0../s1. The van der Waals surface area contributed by atoms with Crippen LogP contribution in [0.4, 0.5) is 4.79 Å². The van der Waals surface area contributed by atoms with Gasteiger partial charge in [0.15, 0.2) is 0 Å². The van der Waals surface area contributed by atoms with Crippen molar-refractivity contribution in [3.05, 3.63) is 67.9 Å². The number of methoxy groups -OCH3 is 1. The van der Waals surface area contributed by atoms with Crippen molar-refractivity contribution in [3.8, 4) is 45.1 Å². The van der Waals surface area contributed by atoms with Gasteiger partial charge in [0.1, 0.15) is 29.0 Å². The fourth-order valence-corrected chi connectivity index (χ4v) is 8.26. The smallest absolute Gasteiger partial charge is 0.520 e. The van der Waals surface area contributed by atoms with Crippen LogP contribution in [0.2, 0.25) is 0 Å². The molecule has 2 fully saturated rings. The molecule has 318 valence electrons. The number of rotatable bonds is 11. The molecule has 0 saturated carbocycles. The molecular weight excluding hydrogens is 989 g/mol. The van der Waals surface area contributed by atoms with E-state index in [0.717, 1.165) is 89.5 Å². The zero-order chi connectivity index (χ0) is 40.9. The molecule has 60 heavy (non-hydrogen) atoms. The molecule has 4 aromatic rings. The van der Waals surface area contributed by atoms with E-state index in [1.165, 1.54) is 7.11 Å². The number of amidine groups is 1. The van der Waals surface area contributed by atoms with E-state index in [1.54, 1.807) is 12.6 Å². The number of alkyl carbamates (subject to hydrolysis) is 1. The van der Waals surface area contributed by atoms with Gasteiger partial charge in [-0.25, -0.2) is 14.8 Å². The number of nitrogens with one attached hydrogen (secondary N) is 5. The molecule has 3 aliphatic rings. The third-order valence-corrected chi connectivity index (χ3v) is 11.4. The van der Waals surface area contributed by atoms with Gasteiger partial charge in [0.2, 0.25) is 5.91 Å². The summed E-state index contributed by atoms with van der Waals surface area (Å²) in [5.41, 5.74) is 5.30. The van der Waals surface area contributed by atoms with Crippen molar-refractivity contribution in [1.29, 1.82) is 5.41 Å². The molecule has 0 bridgehead atoms. The summed E-state index contributed by atoms with van der Waals surface area (Å²) in [6.07, 6.45) is 9.80. The van der Waals surface area contributed by atoms with Crippen LogP contribution >= 0.6 is 0 Å². The molecule has 0 unspecified atom stereocenters. The average Bonchev–Trinajstić information content (AvgIpc) is 4.06. The summed E-state index contributed by atoms with van der Waals surface area (Å²) in [6.45, 7) is 10.2. The molecule has 2 aromatic heterocycles. The first kappa shape index (κ1) is 46.3. The molecule has 0 spiro atoms. The van der Waals surface area contributed by atoms with E-state index in [2.05, 4.69) is 32.7 Å². The van der Waals surface area contributed by atoms with Crippen LogP contribution in [-0.4, -0.2) is 99.5 Å². The number of fused-ring (bicyclic) bond motifs is 3. The molecule has 4 atom stereocenters. The normalized spacial score (nSPS) is 18.4. The number of hydrogen-bond donors (Lipinski definition) is 5. The summed E-state index contributed by atoms with van der Waals surface area (Å²) in [4.78, 5) is 57.0. The molecule has 2 aromatic carbocycles. The van der Waals surface area contributed by atoms with Gasteiger partial charge >= 0.3 is 37.2 Å². The number of H-pyrrole nitrogens is 2.